The first kappa shape index (κ1) is 17.1. The van der Waals surface area contributed by atoms with Crippen molar-refractivity contribution >= 4 is 17.5 Å². The molecular formula is C22H24O4. The molecule has 1 aromatic rings. The number of carbonyl (C=O) groups is 2. The van der Waals surface area contributed by atoms with E-state index < -0.39 is 0 Å². The van der Waals surface area contributed by atoms with E-state index in [9.17, 15) is 9.59 Å². The second-order valence-electron chi connectivity index (χ2n) is 7.74. The van der Waals surface area contributed by atoms with E-state index >= 15 is 0 Å². The number of rotatable bonds is 2. The van der Waals surface area contributed by atoms with Gasteiger partial charge < -0.3 is 9.47 Å². The number of allylic oxidation sites excluding steroid dienone is 2. The number of benzene rings is 1. The van der Waals surface area contributed by atoms with Gasteiger partial charge in [-0.2, -0.15) is 0 Å². The molecule has 0 amide bonds. The Morgan fingerprint density at radius 2 is 1.88 bits per heavy atom. The Kier molecular flexibility index (Phi) is 4.02. The third-order valence-electron chi connectivity index (χ3n) is 6.06. The molecule has 0 radical (unpaired) electrons. The van der Waals surface area contributed by atoms with Crippen LogP contribution in [0, 0.1) is 5.41 Å². The molecule has 0 bridgehead atoms. The summed E-state index contributed by atoms with van der Waals surface area (Å²) >= 11 is 0. The van der Waals surface area contributed by atoms with Gasteiger partial charge in [-0.05, 0) is 65.7 Å². The van der Waals surface area contributed by atoms with Crippen molar-refractivity contribution in [3.63, 3.8) is 0 Å². The summed E-state index contributed by atoms with van der Waals surface area (Å²) in [4.78, 5) is 22.7. The van der Waals surface area contributed by atoms with Gasteiger partial charge in [0.1, 0.15) is 11.9 Å². The summed E-state index contributed by atoms with van der Waals surface area (Å²) in [6, 6.07) is 5.97. The Morgan fingerprint density at radius 3 is 2.62 bits per heavy atom. The molecule has 0 unspecified atom stereocenters. The van der Waals surface area contributed by atoms with E-state index in [1.54, 1.807) is 0 Å². The fraction of sp³-hybridized carbons (Fsp3) is 0.455. The van der Waals surface area contributed by atoms with Crippen LogP contribution >= 0.6 is 0 Å². The number of ether oxygens (including phenoxy) is 2. The van der Waals surface area contributed by atoms with Gasteiger partial charge in [-0.25, -0.2) is 0 Å². The third-order valence-corrected chi connectivity index (χ3v) is 6.06. The van der Waals surface area contributed by atoms with Crippen LogP contribution in [0.25, 0.3) is 5.57 Å². The molecule has 0 fully saturated rings. The highest BCUT2D eigenvalue weighted by Crippen LogP contribution is 2.56. The van der Waals surface area contributed by atoms with E-state index in [2.05, 4.69) is 19.1 Å². The SMILES string of the molecule is CC(=O)Oc1ccc2c(c1)CCC1=C2CC[C@@]2(C)C1=CC[C@@H]2OC(C)=O. The van der Waals surface area contributed by atoms with Crippen molar-refractivity contribution in [1.29, 1.82) is 0 Å². The molecule has 26 heavy (non-hydrogen) atoms. The first-order valence-electron chi connectivity index (χ1n) is 9.30. The fourth-order valence-electron chi connectivity index (χ4n) is 4.88. The number of carbonyl (C=O) groups excluding carboxylic acids is 2. The largest absolute Gasteiger partial charge is 0.461 e. The Morgan fingerprint density at radius 1 is 1.08 bits per heavy atom. The van der Waals surface area contributed by atoms with E-state index in [0.29, 0.717) is 5.75 Å². The van der Waals surface area contributed by atoms with Crippen LogP contribution in [0.1, 0.15) is 57.6 Å². The van der Waals surface area contributed by atoms with E-state index in [1.807, 2.05) is 12.1 Å². The number of esters is 2. The monoisotopic (exact) mass is 352 g/mol. The van der Waals surface area contributed by atoms with Crippen LogP contribution in [0.4, 0.5) is 0 Å². The normalized spacial score (nSPS) is 26.4. The number of hydrogen-bond donors (Lipinski definition) is 0. The fourth-order valence-corrected chi connectivity index (χ4v) is 4.88. The van der Waals surface area contributed by atoms with E-state index in [1.165, 1.54) is 41.7 Å². The van der Waals surface area contributed by atoms with Crippen molar-refractivity contribution < 1.29 is 19.1 Å². The topological polar surface area (TPSA) is 52.6 Å². The molecule has 0 saturated carbocycles. The summed E-state index contributed by atoms with van der Waals surface area (Å²) in [6.07, 6.45) is 6.94. The molecule has 0 heterocycles. The van der Waals surface area contributed by atoms with E-state index in [-0.39, 0.29) is 23.5 Å². The Bertz CT molecular complexity index is 861. The predicted octanol–water partition coefficient (Wildman–Crippen LogP) is 4.37. The average Bonchev–Trinajstić information content (AvgIpc) is 2.90. The molecule has 2 atom stereocenters. The predicted molar refractivity (Wildman–Crippen MR) is 98.6 cm³/mol. The van der Waals surface area contributed by atoms with Crippen molar-refractivity contribution in [2.75, 3.05) is 0 Å². The van der Waals surface area contributed by atoms with Crippen molar-refractivity contribution in [2.45, 2.75) is 59.0 Å². The maximum absolute atomic E-state index is 11.5. The van der Waals surface area contributed by atoms with Gasteiger partial charge in [-0.1, -0.05) is 19.1 Å². The minimum absolute atomic E-state index is 0.0446. The van der Waals surface area contributed by atoms with Gasteiger partial charge in [0, 0.05) is 25.7 Å². The van der Waals surface area contributed by atoms with Crippen molar-refractivity contribution in [1.82, 2.24) is 0 Å². The summed E-state index contributed by atoms with van der Waals surface area (Å²) in [7, 11) is 0. The van der Waals surface area contributed by atoms with Gasteiger partial charge >= 0.3 is 11.9 Å². The quantitative estimate of drug-likeness (QED) is 0.586. The summed E-state index contributed by atoms with van der Waals surface area (Å²) < 4.78 is 10.9. The molecule has 0 saturated heterocycles. The molecule has 3 aliphatic carbocycles. The summed E-state index contributed by atoms with van der Waals surface area (Å²) in [5, 5.41) is 0. The van der Waals surface area contributed by atoms with Crippen LogP contribution in [0.3, 0.4) is 0 Å². The lowest BCUT2D eigenvalue weighted by molar-refractivity contribution is -0.150. The van der Waals surface area contributed by atoms with Gasteiger partial charge in [0.25, 0.3) is 0 Å². The zero-order chi connectivity index (χ0) is 18.5. The van der Waals surface area contributed by atoms with Gasteiger partial charge in [0.05, 0.1) is 0 Å². The Labute approximate surface area is 153 Å². The molecule has 4 rings (SSSR count). The van der Waals surface area contributed by atoms with Crippen LogP contribution in [0.15, 0.2) is 35.4 Å². The van der Waals surface area contributed by atoms with Crippen molar-refractivity contribution in [3.05, 3.63) is 46.5 Å². The molecule has 0 aliphatic heterocycles. The highest BCUT2D eigenvalue weighted by molar-refractivity contribution is 5.80. The number of aryl methyl sites for hydroxylation is 1. The average molecular weight is 352 g/mol. The molecule has 1 aromatic carbocycles. The molecular weight excluding hydrogens is 328 g/mol. The molecule has 0 aromatic heterocycles. The maximum atomic E-state index is 11.5. The Balaban J connectivity index is 1.69. The lowest BCUT2D eigenvalue weighted by atomic mass is 9.65. The molecule has 4 heteroatoms. The number of hydrogen-bond acceptors (Lipinski definition) is 4. The van der Waals surface area contributed by atoms with Crippen LogP contribution in [-0.2, 0) is 20.7 Å². The maximum Gasteiger partial charge on any atom is 0.308 e. The minimum atomic E-state index is -0.290. The van der Waals surface area contributed by atoms with Crippen LogP contribution in [0.2, 0.25) is 0 Å². The van der Waals surface area contributed by atoms with Crippen molar-refractivity contribution in [3.8, 4) is 5.75 Å². The molecule has 0 N–H and O–H groups in total. The molecule has 3 aliphatic rings. The standard InChI is InChI=1S/C22H24O4/c1-13(23)25-16-5-7-17-15(12-16)4-6-19-18(17)10-11-22(3)20(19)8-9-21(22)26-14(2)24/h5,7-8,12,21H,4,6,9-11H2,1-3H3/t21-,22-/m0/s1. The summed E-state index contributed by atoms with van der Waals surface area (Å²) in [5.41, 5.74) is 6.68. The van der Waals surface area contributed by atoms with Crippen molar-refractivity contribution in [2.24, 2.45) is 5.41 Å². The highest BCUT2D eigenvalue weighted by atomic mass is 16.5. The van der Waals surface area contributed by atoms with Gasteiger partial charge in [0.15, 0.2) is 0 Å². The Hall–Kier alpha value is -2.36. The van der Waals surface area contributed by atoms with Crippen LogP contribution in [0.5, 0.6) is 5.75 Å². The smallest absolute Gasteiger partial charge is 0.308 e. The minimum Gasteiger partial charge on any atom is -0.461 e. The molecule has 4 nitrogen and oxygen atoms in total. The van der Waals surface area contributed by atoms with E-state index in [4.69, 9.17) is 9.47 Å². The second-order valence-corrected chi connectivity index (χ2v) is 7.74. The summed E-state index contributed by atoms with van der Waals surface area (Å²) in [6.45, 7) is 5.16. The molecule has 136 valence electrons. The van der Waals surface area contributed by atoms with Gasteiger partial charge in [-0.15, -0.1) is 0 Å². The zero-order valence-electron chi connectivity index (χ0n) is 15.6. The third kappa shape index (κ3) is 2.68. The van der Waals surface area contributed by atoms with E-state index in [0.717, 1.165) is 32.1 Å². The van der Waals surface area contributed by atoms with Gasteiger partial charge in [0.2, 0.25) is 0 Å². The number of fused-ring (bicyclic) bond motifs is 4. The molecule has 0 spiro atoms. The zero-order valence-corrected chi connectivity index (χ0v) is 15.6. The summed E-state index contributed by atoms with van der Waals surface area (Å²) in [5.74, 6) is 0.135. The lowest BCUT2D eigenvalue weighted by Crippen LogP contribution is -2.36. The first-order chi connectivity index (χ1) is 12.4. The highest BCUT2D eigenvalue weighted by Gasteiger charge is 2.47. The lowest BCUT2D eigenvalue weighted by Gasteiger charge is -2.41. The van der Waals surface area contributed by atoms with Gasteiger partial charge in [-0.3, -0.25) is 9.59 Å². The first-order valence-corrected chi connectivity index (χ1v) is 9.30. The van der Waals surface area contributed by atoms with Crippen LogP contribution < -0.4 is 4.74 Å². The second kappa shape index (κ2) is 6.11. The van der Waals surface area contributed by atoms with Crippen LogP contribution in [-0.4, -0.2) is 18.0 Å².